The Morgan fingerprint density at radius 3 is 2.54 bits per heavy atom. The molecule has 0 spiro atoms. The Balaban J connectivity index is 2.57. The van der Waals surface area contributed by atoms with E-state index in [0.29, 0.717) is 6.54 Å². The highest BCUT2D eigenvalue weighted by atomic mass is 16.5. The molecule has 1 saturated carbocycles. The second kappa shape index (κ2) is 4.43. The lowest BCUT2D eigenvalue weighted by Gasteiger charge is -2.41. The minimum absolute atomic E-state index is 0.000671. The van der Waals surface area contributed by atoms with Crippen molar-refractivity contribution in [3.63, 3.8) is 0 Å². The molecule has 0 radical (unpaired) electrons. The van der Waals surface area contributed by atoms with E-state index in [-0.39, 0.29) is 5.60 Å². The average molecular weight is 185 g/mol. The highest BCUT2D eigenvalue weighted by Gasteiger charge is 2.37. The Morgan fingerprint density at radius 1 is 1.38 bits per heavy atom. The van der Waals surface area contributed by atoms with E-state index in [4.69, 9.17) is 10.5 Å². The molecule has 2 nitrogen and oxygen atoms in total. The van der Waals surface area contributed by atoms with Crippen LogP contribution in [0.1, 0.15) is 40.0 Å². The van der Waals surface area contributed by atoms with E-state index in [9.17, 15) is 0 Å². The van der Waals surface area contributed by atoms with Gasteiger partial charge in [0.05, 0.1) is 5.60 Å². The van der Waals surface area contributed by atoms with Crippen LogP contribution in [0.4, 0.5) is 0 Å². The molecule has 3 unspecified atom stereocenters. The summed E-state index contributed by atoms with van der Waals surface area (Å²) in [6.45, 7) is 8.17. The van der Waals surface area contributed by atoms with Gasteiger partial charge < -0.3 is 10.5 Å². The quantitative estimate of drug-likeness (QED) is 0.731. The van der Waals surface area contributed by atoms with Crippen LogP contribution in [0.2, 0.25) is 0 Å². The molecule has 78 valence electrons. The van der Waals surface area contributed by atoms with Gasteiger partial charge in [0.2, 0.25) is 0 Å². The summed E-state index contributed by atoms with van der Waals surface area (Å²) in [5.74, 6) is 1.59. The van der Waals surface area contributed by atoms with Crippen LogP contribution in [-0.2, 0) is 4.74 Å². The van der Waals surface area contributed by atoms with E-state index in [2.05, 4.69) is 20.8 Å². The normalized spacial score (nSPS) is 40.6. The maximum Gasteiger partial charge on any atom is 0.0806 e. The van der Waals surface area contributed by atoms with Gasteiger partial charge in [0.1, 0.15) is 0 Å². The molecule has 1 fully saturated rings. The summed E-state index contributed by atoms with van der Waals surface area (Å²) >= 11 is 0. The van der Waals surface area contributed by atoms with Crippen molar-refractivity contribution < 1.29 is 4.74 Å². The lowest BCUT2D eigenvalue weighted by Crippen LogP contribution is -2.46. The van der Waals surface area contributed by atoms with Gasteiger partial charge in [-0.05, 0) is 38.0 Å². The van der Waals surface area contributed by atoms with E-state index < -0.39 is 0 Å². The number of nitrogens with two attached hydrogens (primary N) is 1. The number of rotatable bonds is 3. The van der Waals surface area contributed by atoms with Gasteiger partial charge in [0.25, 0.3) is 0 Å². The molecule has 1 aliphatic rings. The number of hydrogen-bond donors (Lipinski definition) is 1. The number of ether oxygens (including phenoxy) is 1. The molecule has 0 heterocycles. The molecule has 13 heavy (non-hydrogen) atoms. The van der Waals surface area contributed by atoms with Crippen LogP contribution >= 0.6 is 0 Å². The molecule has 0 aromatic carbocycles. The highest BCUT2D eigenvalue weighted by molar-refractivity contribution is 4.90. The molecule has 2 N–H and O–H groups in total. The molecule has 0 saturated heterocycles. The zero-order valence-corrected chi connectivity index (χ0v) is 9.18. The summed E-state index contributed by atoms with van der Waals surface area (Å²) in [6, 6.07) is 0. The molecular formula is C11H23NO. The van der Waals surface area contributed by atoms with Crippen molar-refractivity contribution in [2.75, 3.05) is 13.2 Å². The SMILES string of the molecule is CCOC1(CN)CCC(C)C(C)C1. The standard InChI is InChI=1S/C11H23NO/c1-4-13-11(8-12)6-5-9(2)10(3)7-11/h9-10H,4-8,12H2,1-3H3. The van der Waals surface area contributed by atoms with Gasteiger partial charge in [-0.3, -0.25) is 0 Å². The maximum absolute atomic E-state index is 5.81. The van der Waals surface area contributed by atoms with Crippen molar-refractivity contribution in [3.8, 4) is 0 Å². The Bertz CT molecular complexity index is 160. The summed E-state index contributed by atoms with van der Waals surface area (Å²) in [5, 5.41) is 0. The van der Waals surface area contributed by atoms with Crippen molar-refractivity contribution in [2.45, 2.75) is 45.6 Å². The zero-order chi connectivity index (χ0) is 9.90. The molecule has 0 aromatic heterocycles. The molecule has 2 heteroatoms. The van der Waals surface area contributed by atoms with Gasteiger partial charge >= 0.3 is 0 Å². The maximum atomic E-state index is 5.81. The first-order valence-electron chi connectivity index (χ1n) is 5.47. The van der Waals surface area contributed by atoms with Crippen molar-refractivity contribution in [2.24, 2.45) is 17.6 Å². The fraction of sp³-hybridized carbons (Fsp3) is 1.00. The third kappa shape index (κ3) is 2.44. The lowest BCUT2D eigenvalue weighted by molar-refractivity contribution is -0.0790. The Kier molecular flexibility index (Phi) is 3.74. The second-order valence-electron chi connectivity index (χ2n) is 4.52. The third-order valence-corrected chi connectivity index (χ3v) is 3.54. The summed E-state index contributed by atoms with van der Waals surface area (Å²) in [7, 11) is 0. The van der Waals surface area contributed by atoms with Gasteiger partial charge in [0.15, 0.2) is 0 Å². The molecule has 3 atom stereocenters. The minimum Gasteiger partial charge on any atom is -0.374 e. The average Bonchev–Trinajstić information content (AvgIpc) is 2.12. The molecule has 0 bridgehead atoms. The van der Waals surface area contributed by atoms with E-state index in [1.54, 1.807) is 0 Å². The number of hydrogen-bond acceptors (Lipinski definition) is 2. The van der Waals surface area contributed by atoms with E-state index in [0.717, 1.165) is 31.3 Å². The van der Waals surface area contributed by atoms with Crippen molar-refractivity contribution in [3.05, 3.63) is 0 Å². The molecule has 0 aromatic rings. The molecule has 0 aliphatic heterocycles. The predicted octanol–water partition coefficient (Wildman–Crippen LogP) is 2.18. The largest absolute Gasteiger partial charge is 0.374 e. The first-order chi connectivity index (χ1) is 6.13. The van der Waals surface area contributed by atoms with Gasteiger partial charge in [-0.25, -0.2) is 0 Å². The van der Waals surface area contributed by atoms with Crippen LogP contribution in [0.3, 0.4) is 0 Å². The smallest absolute Gasteiger partial charge is 0.0806 e. The van der Waals surface area contributed by atoms with Crippen LogP contribution in [-0.4, -0.2) is 18.8 Å². The monoisotopic (exact) mass is 185 g/mol. The fourth-order valence-corrected chi connectivity index (χ4v) is 2.35. The van der Waals surface area contributed by atoms with Crippen LogP contribution in [0, 0.1) is 11.8 Å². The van der Waals surface area contributed by atoms with Crippen LogP contribution in [0.15, 0.2) is 0 Å². The zero-order valence-electron chi connectivity index (χ0n) is 9.18. The van der Waals surface area contributed by atoms with Crippen molar-refractivity contribution in [1.29, 1.82) is 0 Å². The van der Waals surface area contributed by atoms with Gasteiger partial charge in [-0.15, -0.1) is 0 Å². The van der Waals surface area contributed by atoms with E-state index in [1.165, 1.54) is 6.42 Å². The second-order valence-corrected chi connectivity index (χ2v) is 4.52. The Morgan fingerprint density at radius 2 is 2.08 bits per heavy atom. The summed E-state index contributed by atoms with van der Waals surface area (Å²) in [6.07, 6.45) is 3.54. The third-order valence-electron chi connectivity index (χ3n) is 3.54. The van der Waals surface area contributed by atoms with Crippen molar-refractivity contribution >= 4 is 0 Å². The first kappa shape index (κ1) is 11.0. The predicted molar refractivity (Wildman–Crippen MR) is 55.6 cm³/mol. The van der Waals surface area contributed by atoms with E-state index in [1.807, 2.05) is 0 Å². The summed E-state index contributed by atoms with van der Waals surface area (Å²) < 4.78 is 5.81. The molecule has 0 amide bonds. The van der Waals surface area contributed by atoms with Crippen LogP contribution < -0.4 is 5.73 Å². The van der Waals surface area contributed by atoms with Crippen molar-refractivity contribution in [1.82, 2.24) is 0 Å². The van der Waals surface area contributed by atoms with Crippen LogP contribution in [0.5, 0.6) is 0 Å². The topological polar surface area (TPSA) is 35.2 Å². The molecular weight excluding hydrogens is 162 g/mol. The van der Waals surface area contributed by atoms with E-state index >= 15 is 0 Å². The summed E-state index contributed by atoms with van der Waals surface area (Å²) in [5.41, 5.74) is 5.81. The first-order valence-corrected chi connectivity index (χ1v) is 5.47. The van der Waals surface area contributed by atoms with Gasteiger partial charge in [0, 0.05) is 13.2 Å². The summed E-state index contributed by atoms with van der Waals surface area (Å²) in [4.78, 5) is 0. The lowest BCUT2D eigenvalue weighted by atomic mass is 9.73. The van der Waals surface area contributed by atoms with Gasteiger partial charge in [-0.1, -0.05) is 13.8 Å². The fourth-order valence-electron chi connectivity index (χ4n) is 2.35. The Hall–Kier alpha value is -0.0800. The van der Waals surface area contributed by atoms with Crippen LogP contribution in [0.25, 0.3) is 0 Å². The molecule has 1 rings (SSSR count). The highest BCUT2D eigenvalue weighted by Crippen LogP contribution is 2.37. The minimum atomic E-state index is 0.000671. The Labute approximate surface area is 81.8 Å². The van der Waals surface area contributed by atoms with Gasteiger partial charge in [-0.2, -0.15) is 0 Å². The molecule has 1 aliphatic carbocycles.